The van der Waals surface area contributed by atoms with E-state index in [1.807, 2.05) is 47.2 Å². The van der Waals surface area contributed by atoms with E-state index in [0.717, 1.165) is 26.9 Å². The van der Waals surface area contributed by atoms with E-state index in [0.29, 0.717) is 10.8 Å². The number of methoxy groups -OCH3 is 1. The monoisotopic (exact) mass is 399 g/mol. The van der Waals surface area contributed by atoms with Crippen LogP contribution in [0.15, 0.2) is 52.5 Å². The standard InChI is InChI=1S/C18H13N3O2S3/c1-23-12-6-4-11(5-7-12)17-19-14(10-25-17)16(22)21-18-20-13(9-26-18)15-3-2-8-24-15/h2-10H,1H3,(H,20,21,22). The molecule has 3 heterocycles. The van der Waals surface area contributed by atoms with Crippen molar-refractivity contribution in [2.45, 2.75) is 0 Å². The van der Waals surface area contributed by atoms with Gasteiger partial charge in [-0.05, 0) is 35.7 Å². The topological polar surface area (TPSA) is 64.1 Å². The van der Waals surface area contributed by atoms with Gasteiger partial charge in [-0.3, -0.25) is 10.1 Å². The van der Waals surface area contributed by atoms with Crippen LogP contribution in [-0.2, 0) is 0 Å². The van der Waals surface area contributed by atoms with Gasteiger partial charge in [0.1, 0.15) is 16.5 Å². The largest absolute Gasteiger partial charge is 0.497 e. The fourth-order valence-corrected chi connectivity index (χ4v) is 4.55. The summed E-state index contributed by atoms with van der Waals surface area (Å²) in [5, 5.41) is 9.87. The zero-order chi connectivity index (χ0) is 17.9. The smallest absolute Gasteiger partial charge is 0.276 e. The van der Waals surface area contributed by atoms with E-state index in [1.165, 1.54) is 22.7 Å². The van der Waals surface area contributed by atoms with Crippen molar-refractivity contribution >= 4 is 45.0 Å². The summed E-state index contributed by atoms with van der Waals surface area (Å²) in [4.78, 5) is 22.4. The molecule has 1 N–H and O–H groups in total. The SMILES string of the molecule is COc1ccc(-c2nc(C(=O)Nc3nc(-c4cccs4)cs3)cs2)cc1. The van der Waals surface area contributed by atoms with Crippen LogP contribution in [0.25, 0.3) is 21.1 Å². The fourth-order valence-electron chi connectivity index (χ4n) is 2.27. The summed E-state index contributed by atoms with van der Waals surface area (Å²) in [6.45, 7) is 0. The van der Waals surface area contributed by atoms with Gasteiger partial charge in [-0.1, -0.05) is 6.07 Å². The zero-order valence-electron chi connectivity index (χ0n) is 13.6. The molecule has 26 heavy (non-hydrogen) atoms. The van der Waals surface area contributed by atoms with E-state index < -0.39 is 0 Å². The minimum atomic E-state index is -0.256. The molecule has 130 valence electrons. The number of carbonyl (C=O) groups is 1. The Balaban J connectivity index is 1.48. The minimum absolute atomic E-state index is 0.256. The Morgan fingerprint density at radius 1 is 1.04 bits per heavy atom. The second-order valence-corrected chi connectivity index (χ2v) is 7.90. The van der Waals surface area contributed by atoms with Gasteiger partial charge >= 0.3 is 0 Å². The Kier molecular flexibility index (Phi) is 4.79. The first kappa shape index (κ1) is 16.9. The molecule has 0 aliphatic carbocycles. The van der Waals surface area contributed by atoms with Crippen LogP contribution < -0.4 is 10.1 Å². The number of nitrogens with zero attached hydrogens (tertiary/aromatic N) is 2. The average Bonchev–Trinajstić information content (AvgIpc) is 3.42. The normalized spacial score (nSPS) is 10.7. The lowest BCUT2D eigenvalue weighted by molar-refractivity contribution is 0.102. The van der Waals surface area contributed by atoms with Gasteiger partial charge in [0.15, 0.2) is 5.13 Å². The average molecular weight is 400 g/mol. The molecule has 0 saturated carbocycles. The number of hydrogen-bond acceptors (Lipinski definition) is 7. The van der Waals surface area contributed by atoms with Gasteiger partial charge in [-0.25, -0.2) is 9.97 Å². The first-order chi connectivity index (χ1) is 12.7. The third-order valence-electron chi connectivity index (χ3n) is 3.57. The highest BCUT2D eigenvalue weighted by molar-refractivity contribution is 7.16. The lowest BCUT2D eigenvalue weighted by Gasteiger charge is -2.00. The highest BCUT2D eigenvalue weighted by atomic mass is 32.1. The molecule has 4 rings (SSSR count). The van der Waals surface area contributed by atoms with Gasteiger partial charge in [0, 0.05) is 16.3 Å². The van der Waals surface area contributed by atoms with E-state index in [-0.39, 0.29) is 5.91 Å². The van der Waals surface area contributed by atoms with E-state index in [4.69, 9.17) is 4.74 Å². The number of rotatable bonds is 5. The number of thiazole rings is 2. The van der Waals surface area contributed by atoms with Crippen LogP contribution in [0.4, 0.5) is 5.13 Å². The second kappa shape index (κ2) is 7.36. The third kappa shape index (κ3) is 3.52. The molecule has 4 aromatic rings. The molecule has 0 saturated heterocycles. The Labute approximate surface area is 162 Å². The number of ether oxygens (including phenoxy) is 1. The first-order valence-electron chi connectivity index (χ1n) is 7.63. The number of carbonyl (C=O) groups excluding carboxylic acids is 1. The molecule has 0 radical (unpaired) electrons. The number of thiophene rings is 1. The summed E-state index contributed by atoms with van der Waals surface area (Å²) in [5.41, 5.74) is 2.20. The maximum absolute atomic E-state index is 12.4. The van der Waals surface area contributed by atoms with Gasteiger partial charge in [0.05, 0.1) is 17.7 Å². The highest BCUT2D eigenvalue weighted by Crippen LogP contribution is 2.29. The van der Waals surface area contributed by atoms with Gasteiger partial charge in [0.25, 0.3) is 5.91 Å². The Bertz CT molecular complexity index is 1020. The Morgan fingerprint density at radius 3 is 2.62 bits per heavy atom. The molecular weight excluding hydrogens is 386 g/mol. The van der Waals surface area contributed by atoms with Crippen molar-refractivity contribution < 1.29 is 9.53 Å². The summed E-state index contributed by atoms with van der Waals surface area (Å²) in [6.07, 6.45) is 0. The Morgan fingerprint density at radius 2 is 1.88 bits per heavy atom. The number of amides is 1. The van der Waals surface area contributed by atoms with Crippen LogP contribution in [0, 0.1) is 0 Å². The van der Waals surface area contributed by atoms with Crippen LogP contribution in [0.5, 0.6) is 5.75 Å². The lowest BCUT2D eigenvalue weighted by atomic mass is 10.2. The maximum Gasteiger partial charge on any atom is 0.276 e. The van der Waals surface area contributed by atoms with E-state index in [9.17, 15) is 4.79 Å². The van der Waals surface area contributed by atoms with Gasteiger partial charge in [0.2, 0.25) is 0 Å². The van der Waals surface area contributed by atoms with Crippen molar-refractivity contribution in [1.29, 1.82) is 0 Å². The van der Waals surface area contributed by atoms with Gasteiger partial charge in [-0.15, -0.1) is 34.0 Å². The summed E-state index contributed by atoms with van der Waals surface area (Å²) in [6, 6.07) is 11.6. The van der Waals surface area contributed by atoms with Crippen molar-refractivity contribution in [3.63, 3.8) is 0 Å². The summed E-state index contributed by atoms with van der Waals surface area (Å²) < 4.78 is 5.16. The second-order valence-electron chi connectivity index (χ2n) is 5.24. The van der Waals surface area contributed by atoms with Crippen molar-refractivity contribution in [2.24, 2.45) is 0 Å². The third-order valence-corrected chi connectivity index (χ3v) is 6.11. The van der Waals surface area contributed by atoms with E-state index in [1.54, 1.807) is 23.8 Å². The molecule has 1 amide bonds. The first-order valence-corrected chi connectivity index (χ1v) is 10.3. The molecule has 3 aromatic heterocycles. The maximum atomic E-state index is 12.4. The number of benzene rings is 1. The quantitative estimate of drug-likeness (QED) is 0.497. The molecule has 0 aliphatic rings. The lowest BCUT2D eigenvalue weighted by Crippen LogP contribution is -2.12. The number of anilines is 1. The predicted octanol–water partition coefficient (Wildman–Crippen LogP) is 5.26. The number of hydrogen-bond donors (Lipinski definition) is 1. The summed E-state index contributed by atoms with van der Waals surface area (Å²) >= 11 is 4.45. The molecule has 0 spiro atoms. The molecule has 0 aliphatic heterocycles. The van der Waals surface area contributed by atoms with Crippen molar-refractivity contribution in [3.8, 4) is 26.9 Å². The van der Waals surface area contributed by atoms with Crippen LogP contribution in [0.2, 0.25) is 0 Å². The number of nitrogens with one attached hydrogen (secondary N) is 1. The summed E-state index contributed by atoms with van der Waals surface area (Å²) in [5.74, 6) is 0.529. The van der Waals surface area contributed by atoms with Crippen molar-refractivity contribution in [3.05, 3.63) is 58.2 Å². The molecule has 1 aromatic carbocycles. The van der Waals surface area contributed by atoms with Crippen LogP contribution in [0.1, 0.15) is 10.5 Å². The molecule has 8 heteroatoms. The zero-order valence-corrected chi connectivity index (χ0v) is 16.1. The van der Waals surface area contributed by atoms with Crippen LogP contribution in [0.3, 0.4) is 0 Å². The van der Waals surface area contributed by atoms with E-state index >= 15 is 0 Å². The molecule has 0 fully saturated rings. The molecule has 0 bridgehead atoms. The molecular formula is C18H13N3O2S3. The fraction of sp³-hybridized carbons (Fsp3) is 0.0556. The van der Waals surface area contributed by atoms with Gasteiger partial charge < -0.3 is 4.74 Å². The van der Waals surface area contributed by atoms with Crippen LogP contribution >= 0.6 is 34.0 Å². The number of aromatic nitrogens is 2. The molecule has 0 unspecified atom stereocenters. The molecule has 5 nitrogen and oxygen atoms in total. The van der Waals surface area contributed by atoms with Gasteiger partial charge in [-0.2, -0.15) is 0 Å². The highest BCUT2D eigenvalue weighted by Gasteiger charge is 2.14. The molecule has 0 atom stereocenters. The van der Waals surface area contributed by atoms with Crippen molar-refractivity contribution in [2.75, 3.05) is 12.4 Å². The van der Waals surface area contributed by atoms with Crippen LogP contribution in [-0.4, -0.2) is 23.0 Å². The Hall–Kier alpha value is -2.55. The summed E-state index contributed by atoms with van der Waals surface area (Å²) in [7, 11) is 1.63. The van der Waals surface area contributed by atoms with E-state index in [2.05, 4.69) is 15.3 Å². The van der Waals surface area contributed by atoms with Crippen molar-refractivity contribution in [1.82, 2.24) is 9.97 Å². The minimum Gasteiger partial charge on any atom is -0.497 e. The predicted molar refractivity (Wildman–Crippen MR) is 107 cm³/mol.